The van der Waals surface area contributed by atoms with E-state index in [4.69, 9.17) is 10.2 Å². The van der Waals surface area contributed by atoms with E-state index in [9.17, 15) is 4.79 Å². The molecule has 0 aliphatic rings. The highest BCUT2D eigenvalue weighted by Gasteiger charge is 2.18. The lowest BCUT2D eigenvalue weighted by molar-refractivity contribution is 0.0691. The Bertz CT molecular complexity index is 592. The SMILES string of the molecule is CCc1ccc(-n2nc(NCCO)c(C(=O)O)n2)cc1. The molecule has 1 aromatic carbocycles. The molecule has 0 fully saturated rings. The molecule has 1 aromatic heterocycles. The molecule has 2 aromatic rings. The molecule has 0 spiro atoms. The second kappa shape index (κ2) is 6.16. The number of carboxylic acids is 1. The Kier molecular flexibility index (Phi) is 4.31. The van der Waals surface area contributed by atoms with Gasteiger partial charge in [-0.3, -0.25) is 0 Å². The van der Waals surface area contributed by atoms with E-state index in [1.807, 2.05) is 24.3 Å². The van der Waals surface area contributed by atoms with Crippen molar-refractivity contribution in [3.63, 3.8) is 0 Å². The molecular weight excluding hydrogens is 260 g/mol. The van der Waals surface area contributed by atoms with Crippen molar-refractivity contribution in [3.05, 3.63) is 35.5 Å². The van der Waals surface area contributed by atoms with Gasteiger partial charge in [-0.1, -0.05) is 19.1 Å². The van der Waals surface area contributed by atoms with Gasteiger partial charge < -0.3 is 15.5 Å². The van der Waals surface area contributed by atoms with Crippen LogP contribution in [-0.2, 0) is 6.42 Å². The fourth-order valence-corrected chi connectivity index (χ4v) is 1.72. The number of nitrogens with one attached hydrogen (secondary N) is 1. The van der Waals surface area contributed by atoms with Crippen molar-refractivity contribution >= 4 is 11.8 Å². The second-order valence-corrected chi connectivity index (χ2v) is 4.16. The lowest BCUT2D eigenvalue weighted by Crippen LogP contribution is -2.09. The van der Waals surface area contributed by atoms with Crippen molar-refractivity contribution in [1.29, 1.82) is 0 Å². The molecule has 0 saturated carbocycles. The van der Waals surface area contributed by atoms with Crippen LogP contribution in [0.1, 0.15) is 23.0 Å². The number of carbonyl (C=O) groups is 1. The normalized spacial score (nSPS) is 10.5. The monoisotopic (exact) mass is 276 g/mol. The first kappa shape index (κ1) is 14.0. The highest BCUT2D eigenvalue weighted by molar-refractivity contribution is 5.90. The molecule has 1 heterocycles. The van der Waals surface area contributed by atoms with Gasteiger partial charge >= 0.3 is 5.97 Å². The first-order valence-electron chi connectivity index (χ1n) is 6.30. The number of hydrogen-bond acceptors (Lipinski definition) is 5. The fraction of sp³-hybridized carbons (Fsp3) is 0.308. The third-order valence-electron chi connectivity index (χ3n) is 2.80. The van der Waals surface area contributed by atoms with Crippen LogP contribution in [0.25, 0.3) is 5.69 Å². The Hall–Kier alpha value is -2.41. The van der Waals surface area contributed by atoms with Crippen molar-refractivity contribution < 1.29 is 15.0 Å². The number of hydrogen-bond donors (Lipinski definition) is 3. The number of carboxylic acid groups (broad SMARTS) is 1. The average Bonchev–Trinajstić information content (AvgIpc) is 2.89. The van der Waals surface area contributed by atoms with Gasteiger partial charge in [0.1, 0.15) is 0 Å². The van der Waals surface area contributed by atoms with Crippen LogP contribution in [-0.4, -0.2) is 44.3 Å². The smallest absolute Gasteiger partial charge is 0.360 e. The topological polar surface area (TPSA) is 100 Å². The number of anilines is 1. The maximum absolute atomic E-state index is 11.1. The summed E-state index contributed by atoms with van der Waals surface area (Å²) in [7, 11) is 0. The van der Waals surface area contributed by atoms with E-state index < -0.39 is 5.97 Å². The molecule has 3 N–H and O–H groups in total. The summed E-state index contributed by atoms with van der Waals surface area (Å²) < 4.78 is 0. The molecule has 7 nitrogen and oxygen atoms in total. The molecule has 0 bridgehead atoms. The molecule has 7 heteroatoms. The van der Waals surface area contributed by atoms with E-state index in [0.29, 0.717) is 5.69 Å². The quantitative estimate of drug-likeness (QED) is 0.725. The number of aliphatic hydroxyl groups excluding tert-OH is 1. The van der Waals surface area contributed by atoms with Crippen molar-refractivity contribution in [2.45, 2.75) is 13.3 Å². The molecule has 0 amide bonds. The number of benzene rings is 1. The summed E-state index contributed by atoms with van der Waals surface area (Å²) in [5.41, 5.74) is 1.69. The van der Waals surface area contributed by atoms with E-state index in [1.54, 1.807) is 0 Å². The summed E-state index contributed by atoms with van der Waals surface area (Å²) in [5, 5.41) is 28.6. The summed E-state index contributed by atoms with van der Waals surface area (Å²) in [4.78, 5) is 12.4. The highest BCUT2D eigenvalue weighted by Crippen LogP contribution is 2.14. The highest BCUT2D eigenvalue weighted by atomic mass is 16.4. The van der Waals surface area contributed by atoms with Gasteiger partial charge in [0.05, 0.1) is 12.3 Å². The second-order valence-electron chi connectivity index (χ2n) is 4.16. The summed E-state index contributed by atoms with van der Waals surface area (Å²) in [6.45, 7) is 2.16. The Morgan fingerprint density at radius 2 is 2.00 bits per heavy atom. The van der Waals surface area contributed by atoms with Gasteiger partial charge in [0.15, 0.2) is 5.82 Å². The van der Waals surface area contributed by atoms with Gasteiger partial charge in [-0.15, -0.1) is 15.0 Å². The zero-order valence-corrected chi connectivity index (χ0v) is 11.1. The van der Waals surface area contributed by atoms with Crippen molar-refractivity contribution in [1.82, 2.24) is 15.0 Å². The van der Waals surface area contributed by atoms with E-state index in [1.165, 1.54) is 10.4 Å². The molecule has 0 aliphatic heterocycles. The van der Waals surface area contributed by atoms with E-state index in [0.717, 1.165) is 6.42 Å². The summed E-state index contributed by atoms with van der Waals surface area (Å²) in [5.74, 6) is -1.02. The maximum atomic E-state index is 11.1. The van der Waals surface area contributed by atoms with Gasteiger partial charge in [-0.25, -0.2) is 4.79 Å². The summed E-state index contributed by atoms with van der Waals surface area (Å²) in [6, 6.07) is 7.56. The minimum absolute atomic E-state index is 0.114. The van der Waals surface area contributed by atoms with Crippen LogP contribution in [0.3, 0.4) is 0 Å². The van der Waals surface area contributed by atoms with Crippen LogP contribution < -0.4 is 5.32 Å². The van der Waals surface area contributed by atoms with Crippen molar-refractivity contribution in [2.24, 2.45) is 0 Å². The number of aromatic nitrogens is 3. The Balaban J connectivity index is 2.33. The molecule has 2 rings (SSSR count). The molecule has 0 aliphatic carbocycles. The summed E-state index contributed by atoms with van der Waals surface area (Å²) >= 11 is 0. The van der Waals surface area contributed by atoms with Gasteiger partial charge in [0.25, 0.3) is 0 Å². The largest absolute Gasteiger partial charge is 0.476 e. The number of aliphatic hydroxyl groups is 1. The minimum atomic E-state index is -1.16. The average molecular weight is 276 g/mol. The predicted molar refractivity (Wildman–Crippen MR) is 73.3 cm³/mol. The molecule has 106 valence electrons. The van der Waals surface area contributed by atoms with Crippen LogP contribution >= 0.6 is 0 Å². The van der Waals surface area contributed by atoms with Crippen molar-refractivity contribution in [2.75, 3.05) is 18.5 Å². The minimum Gasteiger partial charge on any atom is -0.476 e. The lowest BCUT2D eigenvalue weighted by Gasteiger charge is -2.01. The van der Waals surface area contributed by atoms with Crippen molar-refractivity contribution in [3.8, 4) is 5.69 Å². The lowest BCUT2D eigenvalue weighted by atomic mass is 10.2. The molecule has 0 unspecified atom stereocenters. The van der Waals surface area contributed by atoms with E-state index in [2.05, 4.69) is 22.4 Å². The van der Waals surface area contributed by atoms with Gasteiger partial charge in [0.2, 0.25) is 5.69 Å². The number of aryl methyl sites for hydroxylation is 1. The van der Waals surface area contributed by atoms with Crippen LogP contribution in [0.15, 0.2) is 24.3 Å². The standard InChI is InChI=1S/C13H16N4O3/c1-2-9-3-5-10(6-4-9)17-15-11(13(19)20)12(16-17)14-7-8-18/h3-6,18H,2,7-8H2,1H3,(H,14,16)(H,19,20). The van der Waals surface area contributed by atoms with Gasteiger partial charge in [-0.2, -0.15) is 0 Å². The van der Waals surface area contributed by atoms with Crippen LogP contribution in [0.5, 0.6) is 0 Å². The summed E-state index contributed by atoms with van der Waals surface area (Å²) in [6.07, 6.45) is 0.927. The third kappa shape index (κ3) is 2.94. The van der Waals surface area contributed by atoms with Crippen LogP contribution in [0, 0.1) is 0 Å². The number of rotatable bonds is 6. The van der Waals surface area contributed by atoms with E-state index >= 15 is 0 Å². The molecule has 0 saturated heterocycles. The van der Waals surface area contributed by atoms with Crippen LogP contribution in [0.4, 0.5) is 5.82 Å². The zero-order valence-electron chi connectivity index (χ0n) is 11.1. The fourth-order valence-electron chi connectivity index (χ4n) is 1.72. The zero-order chi connectivity index (χ0) is 14.5. The number of nitrogens with zero attached hydrogens (tertiary/aromatic N) is 3. The Morgan fingerprint density at radius 3 is 2.55 bits per heavy atom. The molecule has 20 heavy (non-hydrogen) atoms. The molecule has 0 radical (unpaired) electrons. The van der Waals surface area contributed by atoms with Gasteiger partial charge in [0, 0.05) is 6.54 Å². The molecular formula is C13H16N4O3. The predicted octanol–water partition coefficient (Wildman–Crippen LogP) is 0.932. The Morgan fingerprint density at radius 1 is 1.30 bits per heavy atom. The first-order chi connectivity index (χ1) is 9.65. The number of aromatic carboxylic acids is 1. The van der Waals surface area contributed by atoms with Gasteiger partial charge in [-0.05, 0) is 24.1 Å². The third-order valence-corrected chi connectivity index (χ3v) is 2.80. The Labute approximate surface area is 115 Å². The van der Waals surface area contributed by atoms with E-state index in [-0.39, 0.29) is 24.7 Å². The first-order valence-corrected chi connectivity index (χ1v) is 6.30. The molecule has 0 atom stereocenters. The van der Waals surface area contributed by atoms with Crippen LogP contribution in [0.2, 0.25) is 0 Å². The maximum Gasteiger partial charge on any atom is 0.360 e.